The summed E-state index contributed by atoms with van der Waals surface area (Å²) in [6, 6.07) is 5.95. The Hall–Kier alpha value is -2.51. The van der Waals surface area contributed by atoms with Crippen molar-refractivity contribution in [3.05, 3.63) is 30.1 Å². The highest BCUT2D eigenvalue weighted by molar-refractivity contribution is 5.70. The highest BCUT2D eigenvalue weighted by Gasteiger charge is 2.35. The maximum Gasteiger partial charge on any atom is 0.451 e. The predicted octanol–water partition coefficient (Wildman–Crippen LogP) is 2.76. The molecule has 2 aromatic rings. The minimum Gasteiger partial charge on any atom is -0.497 e. The fourth-order valence-corrected chi connectivity index (χ4v) is 1.74. The number of halogens is 3. The third kappa shape index (κ3) is 3.15. The molecule has 1 heterocycles. The van der Waals surface area contributed by atoms with Crippen molar-refractivity contribution in [3.63, 3.8) is 0 Å². The Morgan fingerprint density at radius 1 is 1.05 bits per heavy atom. The number of hydrogen-bond acceptors (Lipinski definition) is 5. The minimum absolute atomic E-state index is 0.00516. The third-order valence-corrected chi connectivity index (χ3v) is 2.68. The molecular weight excluding hydrogens is 287 g/mol. The molecule has 0 fully saturated rings. The second kappa shape index (κ2) is 5.47. The standard InChI is InChI=1S/C13H12F3N3O2/c1-20-7-3-4-10(21-2)8(5-7)9-6-11(17)19-12(18-9)13(14,15)16/h3-6H,1-2H3,(H2,17,18,19). The van der Waals surface area contributed by atoms with Gasteiger partial charge in [0.25, 0.3) is 0 Å². The second-order valence-electron chi connectivity index (χ2n) is 4.07. The Morgan fingerprint density at radius 2 is 1.76 bits per heavy atom. The quantitative estimate of drug-likeness (QED) is 0.943. The molecule has 0 unspecified atom stereocenters. The van der Waals surface area contributed by atoms with E-state index in [1.807, 2.05) is 0 Å². The van der Waals surface area contributed by atoms with Crippen molar-refractivity contribution in [2.75, 3.05) is 20.0 Å². The summed E-state index contributed by atoms with van der Waals surface area (Å²) in [6.45, 7) is 0. The highest BCUT2D eigenvalue weighted by atomic mass is 19.4. The van der Waals surface area contributed by atoms with Gasteiger partial charge < -0.3 is 15.2 Å². The summed E-state index contributed by atoms with van der Waals surface area (Å²) in [7, 11) is 2.85. The van der Waals surface area contributed by atoms with Gasteiger partial charge in [0.05, 0.1) is 19.9 Å². The fraction of sp³-hybridized carbons (Fsp3) is 0.231. The van der Waals surface area contributed by atoms with Crippen LogP contribution in [0, 0.1) is 0 Å². The van der Waals surface area contributed by atoms with Crippen molar-refractivity contribution >= 4 is 5.82 Å². The van der Waals surface area contributed by atoms with Gasteiger partial charge in [-0.05, 0) is 18.2 Å². The van der Waals surface area contributed by atoms with Crippen LogP contribution in [0.3, 0.4) is 0 Å². The van der Waals surface area contributed by atoms with Gasteiger partial charge in [-0.1, -0.05) is 0 Å². The molecule has 0 radical (unpaired) electrons. The van der Waals surface area contributed by atoms with E-state index in [2.05, 4.69) is 9.97 Å². The number of rotatable bonds is 3. The zero-order chi connectivity index (χ0) is 15.6. The summed E-state index contributed by atoms with van der Waals surface area (Å²) in [5.41, 5.74) is 5.77. The van der Waals surface area contributed by atoms with Crippen LogP contribution in [0.1, 0.15) is 5.82 Å². The lowest BCUT2D eigenvalue weighted by atomic mass is 10.1. The molecule has 0 bridgehead atoms. The number of ether oxygens (including phenoxy) is 2. The molecule has 0 saturated heterocycles. The number of alkyl halides is 3. The predicted molar refractivity (Wildman–Crippen MR) is 70.0 cm³/mol. The van der Waals surface area contributed by atoms with Crippen LogP contribution in [0.25, 0.3) is 11.3 Å². The summed E-state index contributed by atoms with van der Waals surface area (Å²) in [4.78, 5) is 6.71. The summed E-state index contributed by atoms with van der Waals surface area (Å²) in [5.74, 6) is -0.780. The van der Waals surface area contributed by atoms with E-state index in [0.29, 0.717) is 17.1 Å². The average Bonchev–Trinajstić information content (AvgIpc) is 2.45. The first-order chi connectivity index (χ1) is 9.85. The maximum absolute atomic E-state index is 12.8. The molecular formula is C13H12F3N3O2. The maximum atomic E-state index is 12.8. The van der Waals surface area contributed by atoms with Crippen LogP contribution in [-0.4, -0.2) is 24.2 Å². The van der Waals surface area contributed by atoms with E-state index in [-0.39, 0.29) is 11.5 Å². The molecule has 2 N–H and O–H groups in total. The van der Waals surface area contributed by atoms with Gasteiger partial charge in [0.15, 0.2) is 0 Å². The van der Waals surface area contributed by atoms with E-state index in [4.69, 9.17) is 15.2 Å². The van der Waals surface area contributed by atoms with Gasteiger partial charge >= 0.3 is 6.18 Å². The van der Waals surface area contributed by atoms with E-state index < -0.39 is 12.0 Å². The highest BCUT2D eigenvalue weighted by Crippen LogP contribution is 2.35. The lowest BCUT2D eigenvalue weighted by Gasteiger charge is -2.12. The van der Waals surface area contributed by atoms with E-state index in [1.54, 1.807) is 12.1 Å². The number of nitrogens with two attached hydrogens (primary N) is 1. The first kappa shape index (κ1) is 14.9. The molecule has 1 aromatic heterocycles. The van der Waals surface area contributed by atoms with E-state index in [0.717, 1.165) is 0 Å². The summed E-state index contributed by atoms with van der Waals surface area (Å²) >= 11 is 0. The van der Waals surface area contributed by atoms with Crippen molar-refractivity contribution in [1.82, 2.24) is 9.97 Å². The Balaban J connectivity index is 2.63. The van der Waals surface area contributed by atoms with Crippen LogP contribution in [-0.2, 0) is 6.18 Å². The summed E-state index contributed by atoms with van der Waals surface area (Å²) in [5, 5.41) is 0. The van der Waals surface area contributed by atoms with Crippen LogP contribution in [0.15, 0.2) is 24.3 Å². The molecule has 8 heteroatoms. The fourth-order valence-electron chi connectivity index (χ4n) is 1.74. The van der Waals surface area contributed by atoms with Crippen LogP contribution in [0.4, 0.5) is 19.0 Å². The van der Waals surface area contributed by atoms with Gasteiger partial charge in [-0.25, -0.2) is 9.97 Å². The zero-order valence-corrected chi connectivity index (χ0v) is 11.2. The monoisotopic (exact) mass is 299 g/mol. The van der Waals surface area contributed by atoms with Gasteiger partial charge in [-0.15, -0.1) is 0 Å². The Kier molecular flexibility index (Phi) is 3.88. The molecule has 0 atom stereocenters. The van der Waals surface area contributed by atoms with Crippen LogP contribution in [0.5, 0.6) is 11.5 Å². The number of anilines is 1. The number of benzene rings is 1. The minimum atomic E-state index is -4.68. The topological polar surface area (TPSA) is 70.3 Å². The van der Waals surface area contributed by atoms with Gasteiger partial charge in [-0.2, -0.15) is 13.2 Å². The van der Waals surface area contributed by atoms with Crippen molar-refractivity contribution < 1.29 is 22.6 Å². The summed E-state index contributed by atoms with van der Waals surface area (Å²) < 4.78 is 48.4. The number of nitrogens with zero attached hydrogens (tertiary/aromatic N) is 2. The van der Waals surface area contributed by atoms with E-state index in [9.17, 15) is 13.2 Å². The Morgan fingerprint density at radius 3 is 2.33 bits per heavy atom. The molecule has 5 nitrogen and oxygen atoms in total. The smallest absolute Gasteiger partial charge is 0.451 e. The lowest BCUT2D eigenvalue weighted by molar-refractivity contribution is -0.144. The molecule has 1 aromatic carbocycles. The van der Waals surface area contributed by atoms with Gasteiger partial charge in [-0.3, -0.25) is 0 Å². The number of hydrogen-bond donors (Lipinski definition) is 1. The van der Waals surface area contributed by atoms with Crippen molar-refractivity contribution in [2.45, 2.75) is 6.18 Å². The zero-order valence-electron chi connectivity index (χ0n) is 11.2. The number of nitrogen functional groups attached to an aromatic ring is 1. The number of aromatic nitrogens is 2. The van der Waals surface area contributed by atoms with Gasteiger partial charge in [0, 0.05) is 11.6 Å². The van der Waals surface area contributed by atoms with Crippen LogP contribution < -0.4 is 15.2 Å². The molecule has 112 valence electrons. The van der Waals surface area contributed by atoms with Crippen molar-refractivity contribution in [3.8, 4) is 22.8 Å². The normalized spacial score (nSPS) is 11.3. The molecule has 0 aliphatic rings. The molecule has 0 saturated carbocycles. The van der Waals surface area contributed by atoms with Crippen molar-refractivity contribution in [2.24, 2.45) is 0 Å². The molecule has 2 rings (SSSR count). The third-order valence-electron chi connectivity index (χ3n) is 2.68. The van der Waals surface area contributed by atoms with Crippen LogP contribution in [0.2, 0.25) is 0 Å². The Bertz CT molecular complexity index is 660. The van der Waals surface area contributed by atoms with Gasteiger partial charge in [0.1, 0.15) is 17.3 Å². The largest absolute Gasteiger partial charge is 0.497 e. The Labute approximate surface area is 118 Å². The average molecular weight is 299 g/mol. The SMILES string of the molecule is COc1ccc(OC)c(-c2cc(N)nc(C(F)(F)F)n2)c1. The van der Waals surface area contributed by atoms with E-state index >= 15 is 0 Å². The molecule has 0 spiro atoms. The number of methoxy groups -OCH3 is 2. The van der Waals surface area contributed by atoms with Gasteiger partial charge in [0.2, 0.25) is 5.82 Å². The summed E-state index contributed by atoms with van der Waals surface area (Å²) in [6.07, 6.45) is -4.68. The molecule has 0 aliphatic heterocycles. The van der Waals surface area contributed by atoms with E-state index in [1.165, 1.54) is 26.4 Å². The molecule has 0 aliphatic carbocycles. The molecule has 21 heavy (non-hydrogen) atoms. The second-order valence-corrected chi connectivity index (χ2v) is 4.07. The lowest BCUT2D eigenvalue weighted by Crippen LogP contribution is -2.13. The first-order valence-electron chi connectivity index (χ1n) is 5.79. The first-order valence-corrected chi connectivity index (χ1v) is 5.79. The van der Waals surface area contributed by atoms with Crippen molar-refractivity contribution in [1.29, 1.82) is 0 Å². The van der Waals surface area contributed by atoms with Crippen LogP contribution >= 0.6 is 0 Å². The molecule has 0 amide bonds.